The molecule has 70 valence electrons. The molecule has 1 saturated heterocycles. The van der Waals surface area contributed by atoms with Crippen LogP contribution in [-0.2, 0) is 19.0 Å². The van der Waals surface area contributed by atoms with E-state index in [1.165, 1.54) is 14.0 Å². The van der Waals surface area contributed by atoms with Gasteiger partial charge in [0.15, 0.2) is 0 Å². The number of esters is 1. The van der Waals surface area contributed by atoms with E-state index in [-0.39, 0.29) is 19.1 Å². The number of hydrogen-bond acceptors (Lipinski definition) is 5. The SMILES string of the molecule is COC1COC(O)(OC(C)=O)C1. The van der Waals surface area contributed by atoms with Crippen LogP contribution in [-0.4, -0.2) is 36.9 Å². The van der Waals surface area contributed by atoms with Crippen LogP contribution < -0.4 is 0 Å². The summed E-state index contributed by atoms with van der Waals surface area (Å²) in [6.45, 7) is 1.45. The van der Waals surface area contributed by atoms with E-state index in [0.29, 0.717) is 0 Å². The summed E-state index contributed by atoms with van der Waals surface area (Å²) in [6, 6.07) is 0. The molecule has 1 heterocycles. The Labute approximate surface area is 70.2 Å². The summed E-state index contributed by atoms with van der Waals surface area (Å²) in [5.41, 5.74) is 0. The molecule has 2 unspecified atom stereocenters. The van der Waals surface area contributed by atoms with E-state index in [4.69, 9.17) is 9.47 Å². The van der Waals surface area contributed by atoms with Crippen molar-refractivity contribution in [1.82, 2.24) is 0 Å². The highest BCUT2D eigenvalue weighted by Gasteiger charge is 2.42. The third-order valence-corrected chi connectivity index (χ3v) is 1.62. The summed E-state index contributed by atoms with van der Waals surface area (Å²) in [6.07, 6.45) is -0.0577. The molecule has 5 heteroatoms. The summed E-state index contributed by atoms with van der Waals surface area (Å²) < 4.78 is 14.3. The van der Waals surface area contributed by atoms with Crippen molar-refractivity contribution in [2.45, 2.75) is 25.4 Å². The molecule has 0 spiro atoms. The van der Waals surface area contributed by atoms with E-state index in [9.17, 15) is 9.90 Å². The zero-order chi connectivity index (χ0) is 9.19. The maximum atomic E-state index is 10.5. The molecule has 0 saturated carbocycles. The number of rotatable bonds is 2. The average Bonchev–Trinajstić information content (AvgIpc) is 2.30. The minimum absolute atomic E-state index is 0.156. The van der Waals surface area contributed by atoms with Crippen molar-refractivity contribution in [2.75, 3.05) is 13.7 Å². The van der Waals surface area contributed by atoms with Crippen LogP contribution in [0.15, 0.2) is 0 Å². The van der Waals surface area contributed by atoms with Gasteiger partial charge in [-0.1, -0.05) is 0 Å². The molecule has 0 aliphatic carbocycles. The van der Waals surface area contributed by atoms with Crippen LogP contribution in [0.3, 0.4) is 0 Å². The van der Waals surface area contributed by atoms with Crippen LogP contribution in [0.4, 0.5) is 0 Å². The van der Waals surface area contributed by atoms with E-state index >= 15 is 0 Å². The second-order valence-electron chi connectivity index (χ2n) is 2.68. The molecule has 12 heavy (non-hydrogen) atoms. The molecule has 1 fully saturated rings. The van der Waals surface area contributed by atoms with Gasteiger partial charge >= 0.3 is 11.9 Å². The van der Waals surface area contributed by atoms with Crippen LogP contribution in [0.5, 0.6) is 0 Å². The van der Waals surface area contributed by atoms with Crippen molar-refractivity contribution in [3.8, 4) is 0 Å². The first-order valence-corrected chi connectivity index (χ1v) is 3.64. The Morgan fingerprint density at radius 3 is 2.83 bits per heavy atom. The molecular formula is C7H12O5. The highest BCUT2D eigenvalue weighted by Crippen LogP contribution is 2.25. The van der Waals surface area contributed by atoms with Crippen molar-refractivity contribution in [1.29, 1.82) is 0 Å². The molecule has 0 aromatic carbocycles. The van der Waals surface area contributed by atoms with E-state index in [2.05, 4.69) is 4.74 Å². The maximum Gasteiger partial charge on any atom is 0.329 e. The first-order valence-electron chi connectivity index (χ1n) is 3.64. The fourth-order valence-corrected chi connectivity index (χ4v) is 1.08. The van der Waals surface area contributed by atoms with Gasteiger partial charge in [-0.3, -0.25) is 4.79 Å². The highest BCUT2D eigenvalue weighted by atomic mass is 16.8. The number of carbonyl (C=O) groups is 1. The lowest BCUT2D eigenvalue weighted by molar-refractivity contribution is -0.319. The third-order valence-electron chi connectivity index (χ3n) is 1.62. The minimum Gasteiger partial charge on any atom is -0.408 e. The number of methoxy groups -OCH3 is 1. The van der Waals surface area contributed by atoms with E-state index in [1.807, 2.05) is 0 Å². The van der Waals surface area contributed by atoms with E-state index in [1.54, 1.807) is 0 Å². The summed E-state index contributed by atoms with van der Waals surface area (Å²) in [5.74, 6) is -2.36. The lowest BCUT2D eigenvalue weighted by atomic mass is 10.3. The van der Waals surface area contributed by atoms with Gasteiger partial charge in [0, 0.05) is 14.0 Å². The molecule has 1 rings (SSSR count). The van der Waals surface area contributed by atoms with Gasteiger partial charge in [0.25, 0.3) is 0 Å². The van der Waals surface area contributed by atoms with Crippen molar-refractivity contribution in [3.05, 3.63) is 0 Å². The summed E-state index contributed by atoms with van der Waals surface area (Å²) in [4.78, 5) is 10.5. The lowest BCUT2D eigenvalue weighted by Crippen LogP contribution is -2.33. The highest BCUT2D eigenvalue weighted by molar-refractivity contribution is 5.66. The molecule has 0 radical (unpaired) electrons. The Morgan fingerprint density at radius 1 is 1.75 bits per heavy atom. The molecule has 2 atom stereocenters. The zero-order valence-electron chi connectivity index (χ0n) is 7.07. The van der Waals surface area contributed by atoms with Crippen molar-refractivity contribution in [3.63, 3.8) is 0 Å². The van der Waals surface area contributed by atoms with E-state index in [0.717, 1.165) is 0 Å². The largest absolute Gasteiger partial charge is 0.408 e. The van der Waals surface area contributed by atoms with Gasteiger partial charge in [0.05, 0.1) is 19.1 Å². The van der Waals surface area contributed by atoms with Crippen molar-refractivity contribution >= 4 is 5.97 Å². The van der Waals surface area contributed by atoms with Gasteiger partial charge in [-0.05, 0) is 0 Å². The minimum atomic E-state index is -1.79. The molecule has 1 aliphatic rings. The average molecular weight is 176 g/mol. The lowest BCUT2D eigenvalue weighted by Gasteiger charge is -2.19. The number of hydrogen-bond donors (Lipinski definition) is 1. The molecule has 0 bridgehead atoms. The quantitative estimate of drug-likeness (QED) is 0.459. The Balaban J connectivity index is 2.46. The first kappa shape index (κ1) is 9.44. The standard InChI is InChI=1S/C7H12O5/c1-5(8)12-7(9)3-6(10-2)4-11-7/h6,9H,3-4H2,1-2H3. The van der Waals surface area contributed by atoms with Gasteiger partial charge in [0.2, 0.25) is 0 Å². The van der Waals surface area contributed by atoms with Gasteiger partial charge in [-0.25, -0.2) is 0 Å². The summed E-state index contributed by atoms with van der Waals surface area (Å²) in [7, 11) is 1.51. The Bertz CT molecular complexity index is 181. The number of carbonyl (C=O) groups excluding carboxylic acids is 1. The molecule has 0 aromatic heterocycles. The molecule has 1 N–H and O–H groups in total. The molecule has 0 amide bonds. The smallest absolute Gasteiger partial charge is 0.329 e. The Hall–Kier alpha value is -0.650. The van der Waals surface area contributed by atoms with Crippen LogP contribution in [0, 0.1) is 0 Å². The predicted molar refractivity (Wildman–Crippen MR) is 38.1 cm³/mol. The summed E-state index contributed by atoms with van der Waals surface area (Å²) in [5, 5.41) is 9.42. The van der Waals surface area contributed by atoms with Gasteiger partial charge in [-0.2, -0.15) is 0 Å². The number of aliphatic hydroxyl groups is 1. The molecule has 0 aromatic rings. The first-order chi connectivity index (χ1) is 5.56. The Morgan fingerprint density at radius 2 is 2.42 bits per heavy atom. The van der Waals surface area contributed by atoms with Crippen molar-refractivity contribution in [2.24, 2.45) is 0 Å². The summed E-state index contributed by atoms with van der Waals surface area (Å²) >= 11 is 0. The van der Waals surface area contributed by atoms with E-state index < -0.39 is 11.9 Å². The van der Waals surface area contributed by atoms with Crippen molar-refractivity contribution < 1.29 is 24.1 Å². The van der Waals surface area contributed by atoms with Crippen LogP contribution >= 0.6 is 0 Å². The predicted octanol–water partition coefficient (Wildman–Crippen LogP) is -0.369. The fourth-order valence-electron chi connectivity index (χ4n) is 1.08. The molecule has 5 nitrogen and oxygen atoms in total. The third kappa shape index (κ3) is 2.17. The zero-order valence-corrected chi connectivity index (χ0v) is 7.07. The van der Waals surface area contributed by atoms with Gasteiger partial charge in [-0.15, -0.1) is 0 Å². The second kappa shape index (κ2) is 3.38. The molecule has 1 aliphatic heterocycles. The second-order valence-corrected chi connectivity index (χ2v) is 2.68. The topological polar surface area (TPSA) is 65.0 Å². The molecular weight excluding hydrogens is 164 g/mol. The van der Waals surface area contributed by atoms with Gasteiger partial charge < -0.3 is 19.3 Å². The van der Waals surface area contributed by atoms with Gasteiger partial charge in [0.1, 0.15) is 0 Å². The number of ether oxygens (including phenoxy) is 3. The normalized spacial score (nSPS) is 35.1. The maximum absolute atomic E-state index is 10.5. The van der Waals surface area contributed by atoms with Crippen LogP contribution in [0.1, 0.15) is 13.3 Å². The fraction of sp³-hybridized carbons (Fsp3) is 0.857. The monoisotopic (exact) mass is 176 g/mol. The Kier molecular flexibility index (Phi) is 2.66. The van der Waals surface area contributed by atoms with Crippen LogP contribution in [0.25, 0.3) is 0 Å². The van der Waals surface area contributed by atoms with Crippen LogP contribution in [0.2, 0.25) is 0 Å².